The summed E-state index contributed by atoms with van der Waals surface area (Å²) in [5.41, 5.74) is 2.03. The minimum Gasteiger partial charge on any atom is -0.497 e. The fraction of sp³-hybridized carbons (Fsp3) is 0.412. The zero-order valence-electron chi connectivity index (χ0n) is 24.9. The summed E-state index contributed by atoms with van der Waals surface area (Å²) in [6.45, 7) is -0.480. The van der Waals surface area contributed by atoms with E-state index in [9.17, 15) is 30.0 Å². The van der Waals surface area contributed by atoms with Gasteiger partial charge in [0, 0.05) is 38.2 Å². The fourth-order valence-corrected chi connectivity index (χ4v) is 5.37. The van der Waals surface area contributed by atoms with Crippen molar-refractivity contribution in [1.29, 1.82) is 0 Å². The second-order valence-corrected chi connectivity index (χ2v) is 11.0. The first-order valence-corrected chi connectivity index (χ1v) is 14.9. The Bertz CT molecular complexity index is 1310. The molecule has 0 saturated carbocycles. The standard InChI is InChI=1S/C34H42N2O8/c1-43-27-16-14-25(15-17-27)21-35-22-29(38)31(39)32(40)30(23-37)44-19-9-8-18-36(33(41)26-12-6-3-7-13-26)28(34(35)42)20-24-10-4-2-5-11-24/h2-7,10-17,28-32,37-40H,8-9,18-23H2,1H3/t28-,29-,30+,31+,32+/m0/s1. The van der Waals surface area contributed by atoms with E-state index in [1.807, 2.05) is 36.4 Å². The van der Waals surface area contributed by atoms with Gasteiger partial charge in [0.1, 0.15) is 36.2 Å². The lowest BCUT2D eigenvalue weighted by molar-refractivity contribution is -0.150. The second kappa shape index (κ2) is 16.3. The molecule has 4 rings (SSSR count). The Kier molecular flexibility index (Phi) is 12.3. The van der Waals surface area contributed by atoms with Crippen LogP contribution in [-0.2, 0) is 22.5 Å². The van der Waals surface area contributed by atoms with Crippen LogP contribution in [0.5, 0.6) is 5.75 Å². The van der Waals surface area contributed by atoms with Crippen LogP contribution in [0.15, 0.2) is 84.9 Å². The summed E-state index contributed by atoms with van der Waals surface area (Å²) < 4.78 is 10.9. The molecule has 0 unspecified atom stereocenters. The molecule has 3 aromatic carbocycles. The van der Waals surface area contributed by atoms with E-state index in [2.05, 4.69) is 0 Å². The van der Waals surface area contributed by atoms with E-state index < -0.39 is 43.0 Å². The highest BCUT2D eigenvalue weighted by atomic mass is 16.5. The van der Waals surface area contributed by atoms with Gasteiger partial charge in [-0.05, 0) is 48.2 Å². The molecule has 10 nitrogen and oxygen atoms in total. The van der Waals surface area contributed by atoms with E-state index in [4.69, 9.17) is 9.47 Å². The van der Waals surface area contributed by atoms with Crippen molar-refractivity contribution in [2.45, 2.75) is 56.3 Å². The number of carbonyl (C=O) groups excluding carboxylic acids is 2. The number of aliphatic hydroxyl groups excluding tert-OH is 4. The van der Waals surface area contributed by atoms with E-state index in [-0.39, 0.29) is 38.6 Å². The number of methoxy groups -OCH3 is 1. The van der Waals surface area contributed by atoms with Crippen molar-refractivity contribution in [3.8, 4) is 5.75 Å². The summed E-state index contributed by atoms with van der Waals surface area (Å²) in [6.07, 6.45) is -4.85. The second-order valence-electron chi connectivity index (χ2n) is 11.0. The molecule has 0 aromatic heterocycles. The van der Waals surface area contributed by atoms with Crippen LogP contribution in [0.3, 0.4) is 0 Å². The topological polar surface area (TPSA) is 140 Å². The molecule has 0 spiro atoms. The largest absolute Gasteiger partial charge is 0.497 e. The van der Waals surface area contributed by atoms with Crippen molar-refractivity contribution in [3.63, 3.8) is 0 Å². The van der Waals surface area contributed by atoms with Gasteiger partial charge >= 0.3 is 0 Å². The Morgan fingerprint density at radius 1 is 0.886 bits per heavy atom. The molecule has 44 heavy (non-hydrogen) atoms. The molecule has 236 valence electrons. The number of nitrogens with zero attached hydrogens (tertiary/aromatic N) is 2. The highest BCUT2D eigenvalue weighted by Gasteiger charge is 2.38. The zero-order valence-corrected chi connectivity index (χ0v) is 24.9. The van der Waals surface area contributed by atoms with Crippen LogP contribution in [0.4, 0.5) is 0 Å². The van der Waals surface area contributed by atoms with E-state index >= 15 is 0 Å². The maximum atomic E-state index is 14.6. The Hall–Kier alpha value is -3.80. The highest BCUT2D eigenvalue weighted by molar-refractivity contribution is 5.97. The molecular weight excluding hydrogens is 564 g/mol. The van der Waals surface area contributed by atoms with E-state index in [0.29, 0.717) is 24.2 Å². The number of hydrogen-bond acceptors (Lipinski definition) is 8. The monoisotopic (exact) mass is 606 g/mol. The van der Waals surface area contributed by atoms with Crippen LogP contribution in [-0.4, -0.2) is 106 Å². The number of ether oxygens (including phenoxy) is 2. The molecule has 1 aliphatic heterocycles. The smallest absolute Gasteiger partial charge is 0.254 e. The van der Waals surface area contributed by atoms with Gasteiger partial charge in [-0.3, -0.25) is 9.59 Å². The minimum absolute atomic E-state index is 0.0568. The van der Waals surface area contributed by atoms with Crippen molar-refractivity contribution in [2.24, 2.45) is 0 Å². The quantitative estimate of drug-likeness (QED) is 0.321. The Morgan fingerprint density at radius 2 is 1.55 bits per heavy atom. The summed E-state index contributed by atoms with van der Waals surface area (Å²) in [6, 6.07) is 24.4. The summed E-state index contributed by atoms with van der Waals surface area (Å²) in [5, 5.41) is 42.5. The number of rotatable bonds is 7. The van der Waals surface area contributed by atoms with Crippen LogP contribution in [0.1, 0.15) is 34.3 Å². The third-order valence-electron chi connectivity index (χ3n) is 7.90. The summed E-state index contributed by atoms with van der Waals surface area (Å²) in [5.74, 6) is -0.0838. The number of hydrogen-bond donors (Lipinski definition) is 4. The van der Waals surface area contributed by atoms with Gasteiger partial charge in [0.15, 0.2) is 0 Å². The first-order chi connectivity index (χ1) is 21.3. The third-order valence-corrected chi connectivity index (χ3v) is 7.90. The Morgan fingerprint density at radius 3 is 2.18 bits per heavy atom. The molecule has 3 aromatic rings. The van der Waals surface area contributed by atoms with Crippen molar-refractivity contribution in [2.75, 3.05) is 33.4 Å². The molecule has 4 N–H and O–H groups in total. The van der Waals surface area contributed by atoms with E-state index in [1.165, 1.54) is 4.90 Å². The molecule has 0 aliphatic carbocycles. The van der Waals surface area contributed by atoms with Crippen LogP contribution in [0.25, 0.3) is 0 Å². The fourth-order valence-electron chi connectivity index (χ4n) is 5.37. The van der Waals surface area contributed by atoms with Crippen molar-refractivity contribution in [3.05, 3.63) is 102 Å². The van der Waals surface area contributed by atoms with Gasteiger partial charge in [-0.25, -0.2) is 0 Å². The predicted octanol–water partition coefficient (Wildman–Crippen LogP) is 2.03. The molecule has 5 atom stereocenters. The normalized spacial score (nSPS) is 24.0. The molecule has 2 amide bonds. The van der Waals surface area contributed by atoms with Gasteiger partial charge in [0.05, 0.1) is 13.7 Å². The number of aliphatic hydroxyl groups is 4. The van der Waals surface area contributed by atoms with Crippen molar-refractivity contribution >= 4 is 11.8 Å². The number of carbonyl (C=O) groups is 2. The Balaban J connectivity index is 1.77. The molecular formula is C34H42N2O8. The molecule has 1 heterocycles. The number of β-amino-alcohol motifs (C(OH)–C–C–N with tert-alkyl or cyclic N) is 1. The molecule has 1 aliphatic rings. The van der Waals surface area contributed by atoms with Crippen LogP contribution < -0.4 is 4.74 Å². The maximum absolute atomic E-state index is 14.6. The average molecular weight is 607 g/mol. The predicted molar refractivity (Wildman–Crippen MR) is 164 cm³/mol. The van der Waals surface area contributed by atoms with Crippen LogP contribution >= 0.6 is 0 Å². The first kappa shape index (κ1) is 33.1. The van der Waals surface area contributed by atoms with Gasteiger partial charge in [-0.2, -0.15) is 0 Å². The summed E-state index contributed by atoms with van der Waals surface area (Å²) >= 11 is 0. The SMILES string of the molecule is COc1ccc(CN2C[C@H](O)[C@@H](O)[C@H](O)[C@@H](CO)OCCCCN(C(=O)c3ccccc3)[C@@H](Cc3ccccc3)C2=O)cc1. The lowest BCUT2D eigenvalue weighted by Crippen LogP contribution is -2.56. The summed E-state index contributed by atoms with van der Waals surface area (Å²) in [4.78, 5) is 31.7. The molecule has 0 bridgehead atoms. The van der Waals surface area contributed by atoms with Gasteiger partial charge in [0.2, 0.25) is 5.91 Å². The maximum Gasteiger partial charge on any atom is 0.254 e. The highest BCUT2D eigenvalue weighted by Crippen LogP contribution is 2.21. The lowest BCUT2D eigenvalue weighted by Gasteiger charge is -2.37. The minimum atomic E-state index is -1.71. The Labute approximate surface area is 258 Å². The van der Waals surface area contributed by atoms with Crippen molar-refractivity contribution < 1.29 is 39.5 Å². The lowest BCUT2D eigenvalue weighted by atomic mass is 9.99. The van der Waals surface area contributed by atoms with E-state index in [0.717, 1.165) is 11.1 Å². The molecule has 1 saturated heterocycles. The average Bonchev–Trinajstić information content (AvgIpc) is 3.06. The number of amides is 2. The zero-order chi connectivity index (χ0) is 31.5. The molecule has 10 heteroatoms. The van der Waals surface area contributed by atoms with Gasteiger partial charge < -0.3 is 39.7 Å². The summed E-state index contributed by atoms with van der Waals surface area (Å²) in [7, 11) is 1.55. The number of benzene rings is 3. The van der Waals surface area contributed by atoms with E-state index in [1.54, 1.807) is 60.5 Å². The van der Waals surface area contributed by atoms with Crippen molar-refractivity contribution in [1.82, 2.24) is 9.80 Å². The molecule has 1 fully saturated rings. The van der Waals surface area contributed by atoms with Gasteiger partial charge in [-0.1, -0.05) is 60.7 Å². The molecule has 0 radical (unpaired) electrons. The third kappa shape index (κ3) is 8.64. The van der Waals surface area contributed by atoms with Gasteiger partial charge in [0.25, 0.3) is 5.91 Å². The van der Waals surface area contributed by atoms with Gasteiger partial charge in [-0.15, -0.1) is 0 Å². The van der Waals surface area contributed by atoms with Crippen LogP contribution in [0.2, 0.25) is 0 Å². The van der Waals surface area contributed by atoms with Crippen LogP contribution in [0, 0.1) is 0 Å². The first-order valence-electron chi connectivity index (χ1n) is 14.9.